The first-order valence-corrected chi connectivity index (χ1v) is 8.52. The Morgan fingerprint density at radius 3 is 2.46 bits per heavy atom. The van der Waals surface area contributed by atoms with Gasteiger partial charge in [0.25, 0.3) is 0 Å². The van der Waals surface area contributed by atoms with Gasteiger partial charge >= 0.3 is 0 Å². The zero-order valence-electron chi connectivity index (χ0n) is 14.0. The number of benzene rings is 2. The van der Waals surface area contributed by atoms with Crippen LogP contribution < -0.4 is 14.4 Å². The summed E-state index contributed by atoms with van der Waals surface area (Å²) in [5.74, 6) is 1.46. The number of rotatable bonds is 6. The standard InChI is InChI=1S/C19H20N2O2S/c1-21(16-9-10-17(22-2)18(11-16)23-3)12-15-13-24-19(20-15)14-7-5-4-6-8-14/h4-11,13H,12H2,1-3H3. The summed E-state index contributed by atoms with van der Waals surface area (Å²) in [4.78, 5) is 6.89. The second-order valence-electron chi connectivity index (χ2n) is 5.41. The van der Waals surface area contributed by atoms with Crippen LogP contribution in [0, 0.1) is 0 Å². The van der Waals surface area contributed by atoms with E-state index in [1.54, 1.807) is 25.6 Å². The summed E-state index contributed by atoms with van der Waals surface area (Å²) in [5, 5.41) is 3.16. The number of anilines is 1. The molecule has 2 aromatic carbocycles. The highest BCUT2D eigenvalue weighted by molar-refractivity contribution is 7.13. The minimum absolute atomic E-state index is 0.727. The maximum atomic E-state index is 5.37. The lowest BCUT2D eigenvalue weighted by Gasteiger charge is -2.19. The fourth-order valence-electron chi connectivity index (χ4n) is 2.49. The molecule has 1 aromatic heterocycles. The highest BCUT2D eigenvalue weighted by atomic mass is 32.1. The van der Waals surface area contributed by atoms with Crippen molar-refractivity contribution in [2.45, 2.75) is 6.54 Å². The van der Waals surface area contributed by atoms with E-state index < -0.39 is 0 Å². The van der Waals surface area contributed by atoms with Crippen LogP contribution in [0.2, 0.25) is 0 Å². The van der Waals surface area contributed by atoms with Crippen molar-refractivity contribution in [3.05, 3.63) is 59.6 Å². The van der Waals surface area contributed by atoms with Gasteiger partial charge in [-0.2, -0.15) is 0 Å². The molecule has 0 aliphatic heterocycles. The highest BCUT2D eigenvalue weighted by Gasteiger charge is 2.10. The van der Waals surface area contributed by atoms with Crippen molar-refractivity contribution in [1.29, 1.82) is 0 Å². The molecule has 0 radical (unpaired) electrons. The highest BCUT2D eigenvalue weighted by Crippen LogP contribution is 2.32. The van der Waals surface area contributed by atoms with E-state index in [1.807, 2.05) is 43.4 Å². The number of aromatic nitrogens is 1. The molecule has 0 unspecified atom stereocenters. The Morgan fingerprint density at radius 1 is 1.00 bits per heavy atom. The van der Waals surface area contributed by atoms with Gasteiger partial charge < -0.3 is 14.4 Å². The van der Waals surface area contributed by atoms with Gasteiger partial charge in [-0.1, -0.05) is 30.3 Å². The van der Waals surface area contributed by atoms with Crippen molar-refractivity contribution < 1.29 is 9.47 Å². The topological polar surface area (TPSA) is 34.6 Å². The molecule has 3 rings (SSSR count). The van der Waals surface area contributed by atoms with Gasteiger partial charge in [0, 0.05) is 29.7 Å². The molecule has 0 spiro atoms. The molecule has 0 fully saturated rings. The summed E-state index contributed by atoms with van der Waals surface area (Å²) in [7, 11) is 5.33. The molecular formula is C19H20N2O2S. The smallest absolute Gasteiger partial charge is 0.162 e. The van der Waals surface area contributed by atoms with E-state index in [-0.39, 0.29) is 0 Å². The van der Waals surface area contributed by atoms with Crippen LogP contribution in [-0.4, -0.2) is 26.3 Å². The number of methoxy groups -OCH3 is 2. The predicted molar refractivity (Wildman–Crippen MR) is 99.2 cm³/mol. The Hall–Kier alpha value is -2.53. The van der Waals surface area contributed by atoms with E-state index in [2.05, 4.69) is 22.4 Å². The Balaban J connectivity index is 1.76. The van der Waals surface area contributed by atoms with Crippen LogP contribution in [0.3, 0.4) is 0 Å². The van der Waals surface area contributed by atoms with Crippen LogP contribution in [0.5, 0.6) is 11.5 Å². The summed E-state index contributed by atoms with van der Waals surface area (Å²) in [6.07, 6.45) is 0. The van der Waals surface area contributed by atoms with Gasteiger partial charge in [0.15, 0.2) is 11.5 Å². The monoisotopic (exact) mass is 340 g/mol. The van der Waals surface area contributed by atoms with Gasteiger partial charge in [0.2, 0.25) is 0 Å². The first-order valence-electron chi connectivity index (χ1n) is 7.64. The molecule has 0 atom stereocenters. The molecule has 0 bridgehead atoms. The molecule has 4 nitrogen and oxygen atoms in total. The Morgan fingerprint density at radius 2 is 1.75 bits per heavy atom. The Kier molecular flexibility index (Phi) is 5.01. The van der Waals surface area contributed by atoms with E-state index in [0.717, 1.165) is 40.0 Å². The normalized spacial score (nSPS) is 10.5. The summed E-state index contributed by atoms with van der Waals surface area (Å²) in [6, 6.07) is 16.2. The third-order valence-corrected chi connectivity index (χ3v) is 4.72. The lowest BCUT2D eigenvalue weighted by atomic mass is 10.2. The zero-order valence-corrected chi connectivity index (χ0v) is 14.8. The van der Waals surface area contributed by atoms with Gasteiger partial charge in [0.05, 0.1) is 26.5 Å². The van der Waals surface area contributed by atoms with Crippen LogP contribution in [0.25, 0.3) is 10.6 Å². The molecule has 0 N–H and O–H groups in total. The molecule has 124 valence electrons. The quantitative estimate of drug-likeness (QED) is 0.663. The van der Waals surface area contributed by atoms with Crippen molar-refractivity contribution in [3.63, 3.8) is 0 Å². The molecule has 0 saturated carbocycles. The van der Waals surface area contributed by atoms with Crippen molar-refractivity contribution in [3.8, 4) is 22.1 Å². The molecule has 0 aliphatic carbocycles. The van der Waals surface area contributed by atoms with Crippen molar-refractivity contribution in [1.82, 2.24) is 4.98 Å². The van der Waals surface area contributed by atoms with E-state index in [1.165, 1.54) is 0 Å². The van der Waals surface area contributed by atoms with Crippen LogP contribution >= 0.6 is 11.3 Å². The van der Waals surface area contributed by atoms with Crippen LogP contribution in [0.4, 0.5) is 5.69 Å². The fourth-order valence-corrected chi connectivity index (χ4v) is 3.31. The molecule has 5 heteroatoms. The van der Waals surface area contributed by atoms with Gasteiger partial charge in [-0.05, 0) is 12.1 Å². The third kappa shape index (κ3) is 3.51. The Labute approximate surface area is 146 Å². The molecule has 24 heavy (non-hydrogen) atoms. The van der Waals surface area contributed by atoms with E-state index in [4.69, 9.17) is 14.5 Å². The maximum absolute atomic E-state index is 5.37. The van der Waals surface area contributed by atoms with E-state index in [9.17, 15) is 0 Å². The lowest BCUT2D eigenvalue weighted by Crippen LogP contribution is -2.16. The number of nitrogens with zero attached hydrogens (tertiary/aromatic N) is 2. The predicted octanol–water partition coefficient (Wildman–Crippen LogP) is 4.46. The van der Waals surface area contributed by atoms with Gasteiger partial charge in [0.1, 0.15) is 5.01 Å². The molecule has 0 aliphatic rings. The SMILES string of the molecule is COc1ccc(N(C)Cc2csc(-c3ccccc3)n2)cc1OC. The zero-order chi connectivity index (χ0) is 16.9. The van der Waals surface area contributed by atoms with Crippen molar-refractivity contribution in [2.24, 2.45) is 0 Å². The van der Waals surface area contributed by atoms with Crippen molar-refractivity contribution >= 4 is 17.0 Å². The van der Waals surface area contributed by atoms with Gasteiger partial charge in [-0.3, -0.25) is 0 Å². The summed E-state index contributed by atoms with van der Waals surface area (Å²) < 4.78 is 10.7. The first-order chi connectivity index (χ1) is 11.7. The minimum atomic E-state index is 0.727. The maximum Gasteiger partial charge on any atom is 0.162 e. The number of ether oxygens (including phenoxy) is 2. The average Bonchev–Trinajstić information content (AvgIpc) is 3.10. The van der Waals surface area contributed by atoms with E-state index in [0.29, 0.717) is 0 Å². The van der Waals surface area contributed by atoms with Crippen LogP contribution in [0.15, 0.2) is 53.9 Å². The second kappa shape index (κ2) is 7.36. The molecule has 3 aromatic rings. The number of hydrogen-bond acceptors (Lipinski definition) is 5. The second-order valence-corrected chi connectivity index (χ2v) is 6.26. The first kappa shape index (κ1) is 16.3. The summed E-state index contributed by atoms with van der Waals surface area (Å²) >= 11 is 1.67. The molecule has 0 saturated heterocycles. The van der Waals surface area contributed by atoms with Crippen LogP contribution in [-0.2, 0) is 6.54 Å². The summed E-state index contributed by atoms with van der Waals surface area (Å²) in [5.41, 5.74) is 3.26. The van der Waals surface area contributed by atoms with Crippen molar-refractivity contribution in [2.75, 3.05) is 26.2 Å². The fraction of sp³-hybridized carbons (Fsp3) is 0.211. The lowest BCUT2D eigenvalue weighted by molar-refractivity contribution is 0.355. The number of hydrogen-bond donors (Lipinski definition) is 0. The largest absolute Gasteiger partial charge is 0.493 e. The molecule has 1 heterocycles. The van der Waals surface area contributed by atoms with Gasteiger partial charge in [-0.25, -0.2) is 4.98 Å². The average molecular weight is 340 g/mol. The van der Waals surface area contributed by atoms with Gasteiger partial charge in [-0.15, -0.1) is 11.3 Å². The Bertz CT molecular complexity index is 802. The molecular weight excluding hydrogens is 320 g/mol. The van der Waals surface area contributed by atoms with E-state index >= 15 is 0 Å². The third-order valence-electron chi connectivity index (χ3n) is 3.78. The minimum Gasteiger partial charge on any atom is -0.493 e. The number of thiazole rings is 1. The summed E-state index contributed by atoms with van der Waals surface area (Å²) in [6.45, 7) is 0.735. The molecule has 0 amide bonds. The van der Waals surface area contributed by atoms with Crippen LogP contribution in [0.1, 0.15) is 5.69 Å².